The van der Waals surface area contributed by atoms with E-state index >= 15 is 0 Å². The van der Waals surface area contributed by atoms with E-state index in [1.807, 2.05) is 29.6 Å². The largest absolute Gasteiger partial charge is 0.486 e. The third kappa shape index (κ3) is 4.35. The molecule has 0 saturated heterocycles. The van der Waals surface area contributed by atoms with Gasteiger partial charge in [0.1, 0.15) is 12.4 Å². The molecular weight excluding hydrogens is 284 g/mol. The van der Waals surface area contributed by atoms with Gasteiger partial charge in [-0.2, -0.15) is 0 Å². The molecule has 108 valence electrons. The molecule has 21 heavy (non-hydrogen) atoms. The first-order valence-electron chi connectivity index (χ1n) is 6.45. The topological polar surface area (TPSA) is 64.3 Å². The maximum Gasteiger partial charge on any atom is 0.221 e. The van der Waals surface area contributed by atoms with E-state index in [1.165, 1.54) is 6.92 Å². The summed E-state index contributed by atoms with van der Waals surface area (Å²) in [5, 5.41) is 4.72. The molecule has 0 aliphatic rings. The number of benzene rings is 1. The van der Waals surface area contributed by atoms with Crippen LogP contribution in [0.3, 0.4) is 0 Å². The van der Waals surface area contributed by atoms with Gasteiger partial charge < -0.3 is 15.8 Å². The predicted octanol–water partition coefficient (Wildman–Crippen LogP) is 2.60. The summed E-state index contributed by atoms with van der Waals surface area (Å²) in [6, 6.07) is 9.29. The van der Waals surface area contributed by atoms with E-state index in [4.69, 9.17) is 10.5 Å². The number of carbonyl (C=O) groups excluding carboxylic acids is 1. The quantitative estimate of drug-likeness (QED) is 0.853. The van der Waals surface area contributed by atoms with E-state index in [0.29, 0.717) is 24.6 Å². The summed E-state index contributed by atoms with van der Waals surface area (Å²) in [5.41, 5.74) is 6.98. The van der Waals surface area contributed by atoms with Crippen molar-refractivity contribution in [3.8, 4) is 17.6 Å². The van der Waals surface area contributed by atoms with Gasteiger partial charge in [-0.15, -0.1) is 11.3 Å². The minimum Gasteiger partial charge on any atom is -0.486 e. The highest BCUT2D eigenvalue weighted by atomic mass is 32.1. The van der Waals surface area contributed by atoms with Crippen LogP contribution in [0.5, 0.6) is 5.75 Å². The lowest BCUT2D eigenvalue weighted by Crippen LogP contribution is -2.07. The van der Waals surface area contributed by atoms with Crippen molar-refractivity contribution in [2.24, 2.45) is 5.73 Å². The van der Waals surface area contributed by atoms with Crippen molar-refractivity contribution in [2.45, 2.75) is 13.5 Å². The van der Waals surface area contributed by atoms with Gasteiger partial charge in [-0.1, -0.05) is 24.0 Å². The molecule has 0 aliphatic heterocycles. The fraction of sp³-hybridized carbons (Fsp3) is 0.188. The second-order valence-electron chi connectivity index (χ2n) is 4.23. The number of amides is 1. The first-order valence-corrected chi connectivity index (χ1v) is 7.33. The number of nitrogens with one attached hydrogen (secondary N) is 1. The maximum absolute atomic E-state index is 11.2. The van der Waals surface area contributed by atoms with Crippen LogP contribution in [0.1, 0.15) is 17.4 Å². The summed E-state index contributed by atoms with van der Waals surface area (Å²) in [6.07, 6.45) is 0. The summed E-state index contributed by atoms with van der Waals surface area (Å²) in [6.45, 7) is 2.21. The summed E-state index contributed by atoms with van der Waals surface area (Å²) in [5.74, 6) is 6.37. The van der Waals surface area contributed by atoms with Gasteiger partial charge in [-0.05, 0) is 23.6 Å². The number of thiophene rings is 1. The lowest BCUT2D eigenvalue weighted by molar-refractivity contribution is -0.114. The van der Waals surface area contributed by atoms with E-state index in [0.717, 1.165) is 10.4 Å². The van der Waals surface area contributed by atoms with Crippen LogP contribution >= 0.6 is 11.3 Å². The zero-order valence-corrected chi connectivity index (χ0v) is 12.5. The molecule has 5 heteroatoms. The summed E-state index contributed by atoms with van der Waals surface area (Å²) in [4.78, 5) is 12.2. The van der Waals surface area contributed by atoms with Crippen LogP contribution in [-0.4, -0.2) is 12.5 Å². The number of nitrogens with two attached hydrogens (primary N) is 1. The lowest BCUT2D eigenvalue weighted by atomic mass is 10.2. The van der Waals surface area contributed by atoms with Gasteiger partial charge in [0.15, 0.2) is 0 Å². The summed E-state index contributed by atoms with van der Waals surface area (Å²) >= 11 is 1.58. The molecule has 0 saturated carbocycles. The molecule has 0 aliphatic carbocycles. The molecule has 2 aromatic rings. The number of hydrogen-bond donors (Lipinski definition) is 2. The molecule has 4 nitrogen and oxygen atoms in total. The van der Waals surface area contributed by atoms with Crippen LogP contribution < -0.4 is 15.8 Å². The fourth-order valence-corrected chi connectivity index (χ4v) is 2.48. The zero-order chi connectivity index (χ0) is 15.1. The van der Waals surface area contributed by atoms with E-state index < -0.39 is 0 Å². The van der Waals surface area contributed by atoms with Crippen LogP contribution in [0.4, 0.5) is 5.69 Å². The van der Waals surface area contributed by atoms with Crippen LogP contribution in [0.25, 0.3) is 0 Å². The molecule has 1 heterocycles. The Morgan fingerprint density at radius 2 is 2.19 bits per heavy atom. The lowest BCUT2D eigenvalue weighted by Gasteiger charge is -2.11. The molecule has 3 N–H and O–H groups in total. The van der Waals surface area contributed by atoms with Crippen molar-refractivity contribution < 1.29 is 9.53 Å². The Morgan fingerprint density at radius 1 is 1.38 bits per heavy atom. The number of anilines is 1. The smallest absolute Gasteiger partial charge is 0.221 e. The highest BCUT2D eigenvalue weighted by Gasteiger charge is 2.07. The molecule has 0 atom stereocenters. The van der Waals surface area contributed by atoms with Gasteiger partial charge in [0.05, 0.1) is 17.1 Å². The van der Waals surface area contributed by atoms with Crippen LogP contribution in [0, 0.1) is 11.8 Å². The molecular formula is C16H16N2O2S. The van der Waals surface area contributed by atoms with Gasteiger partial charge in [0, 0.05) is 12.5 Å². The monoisotopic (exact) mass is 300 g/mol. The Bertz CT molecular complexity index is 683. The number of hydrogen-bond acceptors (Lipinski definition) is 4. The van der Waals surface area contributed by atoms with Gasteiger partial charge in [0.2, 0.25) is 5.91 Å². The van der Waals surface area contributed by atoms with Gasteiger partial charge in [0.25, 0.3) is 0 Å². The Labute approximate surface area is 127 Å². The van der Waals surface area contributed by atoms with Gasteiger partial charge in [-0.25, -0.2) is 0 Å². The normalized spacial score (nSPS) is 9.62. The first-order chi connectivity index (χ1) is 10.2. The second-order valence-corrected chi connectivity index (χ2v) is 5.23. The molecule has 1 aromatic carbocycles. The number of carbonyl (C=O) groups is 1. The Hall–Kier alpha value is -2.29. The highest BCUT2D eigenvalue weighted by Crippen LogP contribution is 2.26. The van der Waals surface area contributed by atoms with Gasteiger partial charge >= 0.3 is 0 Å². The minimum absolute atomic E-state index is 0.128. The Kier molecular flexibility index (Phi) is 5.38. The molecule has 1 aromatic heterocycles. The third-order valence-electron chi connectivity index (χ3n) is 2.63. The van der Waals surface area contributed by atoms with Crippen LogP contribution in [0.15, 0.2) is 35.7 Å². The van der Waals surface area contributed by atoms with E-state index in [9.17, 15) is 4.79 Å². The molecule has 2 rings (SSSR count). The zero-order valence-electron chi connectivity index (χ0n) is 11.7. The van der Waals surface area contributed by atoms with Crippen molar-refractivity contribution in [2.75, 3.05) is 11.9 Å². The first kappa shape index (κ1) is 15.1. The Balaban J connectivity index is 2.10. The van der Waals surface area contributed by atoms with Crippen LogP contribution in [0.2, 0.25) is 0 Å². The van der Waals surface area contributed by atoms with Crippen molar-refractivity contribution in [1.29, 1.82) is 0 Å². The van der Waals surface area contributed by atoms with Crippen molar-refractivity contribution in [1.82, 2.24) is 0 Å². The molecule has 0 bridgehead atoms. The SMILES string of the molecule is CC(=O)Nc1ccccc1OCc1sccc1C#CCN. The molecule has 0 fully saturated rings. The van der Waals surface area contributed by atoms with E-state index in [2.05, 4.69) is 17.2 Å². The standard InChI is InChI=1S/C16H16N2O2S/c1-12(19)18-14-6-2-3-7-15(14)20-11-16-13(5-4-9-17)8-10-21-16/h2-3,6-8,10H,9,11,17H2,1H3,(H,18,19). The van der Waals surface area contributed by atoms with Crippen molar-refractivity contribution in [3.63, 3.8) is 0 Å². The Morgan fingerprint density at radius 3 is 2.95 bits per heavy atom. The van der Waals surface area contributed by atoms with E-state index in [1.54, 1.807) is 17.4 Å². The molecule has 0 radical (unpaired) electrons. The number of rotatable bonds is 4. The third-order valence-corrected chi connectivity index (χ3v) is 3.52. The second kappa shape index (κ2) is 7.48. The maximum atomic E-state index is 11.2. The average Bonchev–Trinajstić information content (AvgIpc) is 2.91. The van der Waals surface area contributed by atoms with E-state index in [-0.39, 0.29) is 5.91 Å². The highest BCUT2D eigenvalue weighted by molar-refractivity contribution is 7.10. The number of ether oxygens (including phenoxy) is 1. The minimum atomic E-state index is -0.128. The van der Waals surface area contributed by atoms with Crippen molar-refractivity contribution in [3.05, 3.63) is 46.2 Å². The van der Waals surface area contributed by atoms with Crippen LogP contribution in [-0.2, 0) is 11.4 Å². The van der Waals surface area contributed by atoms with Crippen molar-refractivity contribution >= 4 is 22.9 Å². The average molecular weight is 300 g/mol. The molecule has 0 unspecified atom stereocenters. The number of para-hydroxylation sites is 2. The summed E-state index contributed by atoms with van der Waals surface area (Å²) < 4.78 is 5.80. The summed E-state index contributed by atoms with van der Waals surface area (Å²) in [7, 11) is 0. The van der Waals surface area contributed by atoms with Gasteiger partial charge in [-0.3, -0.25) is 4.79 Å². The molecule has 0 spiro atoms. The molecule has 1 amide bonds. The fourth-order valence-electron chi connectivity index (χ4n) is 1.74. The predicted molar refractivity (Wildman–Crippen MR) is 85.3 cm³/mol.